The van der Waals surface area contributed by atoms with Crippen LogP contribution in [0, 0.1) is 6.92 Å². The molecule has 0 amide bonds. The Hall–Kier alpha value is -1.12. The molecule has 0 spiro atoms. The lowest BCUT2D eigenvalue weighted by Crippen LogP contribution is -2.38. The predicted octanol–water partition coefficient (Wildman–Crippen LogP) is 1.39. The van der Waals surface area contributed by atoms with Crippen LogP contribution in [0.25, 0.3) is 0 Å². The second kappa shape index (κ2) is 4.60. The van der Waals surface area contributed by atoms with Crippen molar-refractivity contribution in [2.45, 2.75) is 19.4 Å². The first-order valence-electron chi connectivity index (χ1n) is 5.45. The van der Waals surface area contributed by atoms with E-state index in [1.807, 2.05) is 0 Å². The molecule has 2 rings (SSSR count). The number of nitrogens with two attached hydrogens (primary N) is 1. The van der Waals surface area contributed by atoms with E-state index < -0.39 is 0 Å². The highest BCUT2D eigenvalue weighted by Crippen LogP contribution is 2.11. The van der Waals surface area contributed by atoms with Gasteiger partial charge in [0.1, 0.15) is 0 Å². The van der Waals surface area contributed by atoms with E-state index in [-0.39, 0.29) is 6.04 Å². The van der Waals surface area contributed by atoms with Crippen molar-refractivity contribution in [1.82, 2.24) is 5.32 Å². The predicted molar refractivity (Wildman–Crippen MR) is 63.8 cm³/mol. The van der Waals surface area contributed by atoms with Crippen LogP contribution in [0.3, 0.4) is 0 Å². The fourth-order valence-corrected chi connectivity index (χ4v) is 2.03. The maximum atomic E-state index is 5.87. The highest BCUT2D eigenvalue weighted by molar-refractivity contribution is 5.28. The third-order valence-electron chi connectivity index (χ3n) is 2.70. The average Bonchev–Trinajstić information content (AvgIpc) is 2.17. The molecule has 3 N–H and O–H groups in total. The zero-order chi connectivity index (χ0) is 10.7. The van der Waals surface area contributed by atoms with Crippen molar-refractivity contribution in [1.29, 1.82) is 0 Å². The van der Waals surface area contributed by atoms with Gasteiger partial charge in [-0.2, -0.15) is 0 Å². The third kappa shape index (κ3) is 2.91. The smallest absolute Gasteiger partial charge is 0.0354 e. The van der Waals surface area contributed by atoms with Gasteiger partial charge in [0.15, 0.2) is 0 Å². The SMILES string of the molecule is Cc1cccc(CC2=CC(N)CNC2)c1. The Morgan fingerprint density at radius 1 is 1.47 bits per heavy atom. The Labute approximate surface area is 91.2 Å². The minimum absolute atomic E-state index is 0.179. The highest BCUT2D eigenvalue weighted by atomic mass is 14.9. The van der Waals surface area contributed by atoms with Gasteiger partial charge in [0.05, 0.1) is 0 Å². The van der Waals surface area contributed by atoms with E-state index in [9.17, 15) is 0 Å². The van der Waals surface area contributed by atoms with E-state index in [1.165, 1.54) is 16.7 Å². The first-order valence-corrected chi connectivity index (χ1v) is 5.45. The van der Waals surface area contributed by atoms with Gasteiger partial charge >= 0.3 is 0 Å². The van der Waals surface area contributed by atoms with E-state index >= 15 is 0 Å². The van der Waals surface area contributed by atoms with E-state index in [1.54, 1.807) is 0 Å². The molecule has 0 saturated heterocycles. The molecule has 0 fully saturated rings. The lowest BCUT2D eigenvalue weighted by atomic mass is 9.99. The van der Waals surface area contributed by atoms with Crippen molar-refractivity contribution >= 4 is 0 Å². The Kier molecular flexibility index (Phi) is 3.19. The second-order valence-electron chi connectivity index (χ2n) is 4.29. The van der Waals surface area contributed by atoms with Crippen LogP contribution in [0.15, 0.2) is 35.9 Å². The molecule has 2 nitrogen and oxygen atoms in total. The standard InChI is InChI=1S/C13H18N2/c1-10-3-2-4-11(5-10)6-12-7-13(14)9-15-8-12/h2-5,7,13,15H,6,8-9,14H2,1H3. The maximum absolute atomic E-state index is 5.87. The fourth-order valence-electron chi connectivity index (χ4n) is 2.03. The van der Waals surface area contributed by atoms with Crippen LogP contribution in [-0.4, -0.2) is 19.1 Å². The number of hydrogen-bond acceptors (Lipinski definition) is 2. The van der Waals surface area contributed by atoms with Crippen LogP contribution >= 0.6 is 0 Å². The van der Waals surface area contributed by atoms with Crippen LogP contribution in [0.2, 0.25) is 0 Å². The second-order valence-corrected chi connectivity index (χ2v) is 4.29. The van der Waals surface area contributed by atoms with Gasteiger partial charge in [0.2, 0.25) is 0 Å². The quantitative estimate of drug-likeness (QED) is 0.711. The van der Waals surface area contributed by atoms with Crippen LogP contribution < -0.4 is 11.1 Å². The fraction of sp³-hybridized carbons (Fsp3) is 0.385. The molecule has 15 heavy (non-hydrogen) atoms. The number of hydrogen-bond donors (Lipinski definition) is 2. The molecule has 2 heteroatoms. The topological polar surface area (TPSA) is 38.0 Å². The summed E-state index contributed by atoms with van der Waals surface area (Å²) >= 11 is 0. The molecule has 80 valence electrons. The summed E-state index contributed by atoms with van der Waals surface area (Å²) < 4.78 is 0. The lowest BCUT2D eigenvalue weighted by molar-refractivity contribution is 0.627. The lowest BCUT2D eigenvalue weighted by Gasteiger charge is -2.19. The molecule has 0 aromatic heterocycles. The van der Waals surface area contributed by atoms with Gasteiger partial charge in [-0.1, -0.05) is 41.5 Å². The Balaban J connectivity index is 2.08. The molecule has 1 aromatic carbocycles. The summed E-state index contributed by atoms with van der Waals surface area (Å²) in [5, 5.41) is 3.33. The summed E-state index contributed by atoms with van der Waals surface area (Å²) in [6.07, 6.45) is 3.21. The summed E-state index contributed by atoms with van der Waals surface area (Å²) in [5.41, 5.74) is 9.96. The number of aryl methyl sites for hydroxylation is 1. The summed E-state index contributed by atoms with van der Waals surface area (Å²) in [6.45, 7) is 4.00. The average molecular weight is 202 g/mol. The van der Waals surface area contributed by atoms with Crippen LogP contribution in [-0.2, 0) is 6.42 Å². The van der Waals surface area contributed by atoms with Gasteiger partial charge in [-0.05, 0) is 18.9 Å². The molecule has 1 atom stereocenters. The molecular formula is C13H18N2. The van der Waals surface area contributed by atoms with Crippen molar-refractivity contribution in [3.05, 3.63) is 47.0 Å². The van der Waals surface area contributed by atoms with Crippen molar-refractivity contribution < 1.29 is 0 Å². The van der Waals surface area contributed by atoms with Crippen molar-refractivity contribution in [3.8, 4) is 0 Å². The van der Waals surface area contributed by atoms with Gasteiger partial charge < -0.3 is 11.1 Å². The first-order chi connectivity index (χ1) is 7.24. The molecule has 0 aliphatic carbocycles. The van der Waals surface area contributed by atoms with Gasteiger partial charge in [-0.25, -0.2) is 0 Å². The Morgan fingerprint density at radius 2 is 2.33 bits per heavy atom. The zero-order valence-corrected chi connectivity index (χ0v) is 9.16. The number of benzene rings is 1. The summed E-state index contributed by atoms with van der Waals surface area (Å²) in [5.74, 6) is 0. The van der Waals surface area contributed by atoms with Crippen molar-refractivity contribution in [2.75, 3.05) is 13.1 Å². The Morgan fingerprint density at radius 3 is 3.07 bits per heavy atom. The van der Waals surface area contributed by atoms with Gasteiger partial charge in [-0.3, -0.25) is 0 Å². The summed E-state index contributed by atoms with van der Waals surface area (Å²) in [7, 11) is 0. The van der Waals surface area contributed by atoms with Gasteiger partial charge in [-0.15, -0.1) is 0 Å². The van der Waals surface area contributed by atoms with Gasteiger partial charge in [0.25, 0.3) is 0 Å². The first kappa shape index (κ1) is 10.4. The third-order valence-corrected chi connectivity index (χ3v) is 2.70. The largest absolute Gasteiger partial charge is 0.323 e. The van der Waals surface area contributed by atoms with Crippen LogP contribution in [0.1, 0.15) is 11.1 Å². The monoisotopic (exact) mass is 202 g/mol. The minimum Gasteiger partial charge on any atom is -0.323 e. The molecule has 1 aliphatic heterocycles. The molecular weight excluding hydrogens is 184 g/mol. The van der Waals surface area contributed by atoms with Gasteiger partial charge in [0, 0.05) is 19.1 Å². The normalized spacial score (nSPS) is 21.2. The van der Waals surface area contributed by atoms with E-state index in [4.69, 9.17) is 5.73 Å². The molecule has 1 unspecified atom stereocenters. The van der Waals surface area contributed by atoms with Crippen LogP contribution in [0.5, 0.6) is 0 Å². The summed E-state index contributed by atoms with van der Waals surface area (Å²) in [6, 6.07) is 8.83. The Bertz CT molecular complexity index is 369. The molecule has 0 radical (unpaired) electrons. The molecule has 1 aliphatic rings. The molecule has 1 heterocycles. The summed E-state index contributed by atoms with van der Waals surface area (Å²) in [4.78, 5) is 0. The van der Waals surface area contributed by atoms with E-state index in [0.29, 0.717) is 0 Å². The molecule has 0 saturated carbocycles. The molecule has 1 aromatic rings. The number of nitrogens with one attached hydrogen (secondary N) is 1. The van der Waals surface area contributed by atoms with E-state index in [0.717, 1.165) is 19.5 Å². The zero-order valence-electron chi connectivity index (χ0n) is 9.16. The maximum Gasteiger partial charge on any atom is 0.0354 e. The highest BCUT2D eigenvalue weighted by Gasteiger charge is 2.09. The number of rotatable bonds is 2. The van der Waals surface area contributed by atoms with Crippen molar-refractivity contribution in [3.63, 3.8) is 0 Å². The minimum atomic E-state index is 0.179. The molecule has 0 bridgehead atoms. The van der Waals surface area contributed by atoms with E-state index in [2.05, 4.69) is 42.6 Å². The van der Waals surface area contributed by atoms with Crippen molar-refractivity contribution in [2.24, 2.45) is 5.73 Å². The van der Waals surface area contributed by atoms with Crippen LogP contribution in [0.4, 0.5) is 0 Å².